The molecular weight excluding hydrogens is 482 g/mol. The molecule has 2 N–H and O–H groups in total. The molecule has 2 aromatic heterocycles. The molecule has 8 heteroatoms. The number of carbonyl (C=O) groups excluding carboxylic acids is 1. The van der Waals surface area contributed by atoms with Gasteiger partial charge in [0.2, 0.25) is 5.91 Å². The lowest BCUT2D eigenvalue weighted by atomic mass is 9.97. The molecule has 0 radical (unpaired) electrons. The van der Waals surface area contributed by atoms with Crippen molar-refractivity contribution < 1.29 is 4.79 Å². The van der Waals surface area contributed by atoms with Crippen LogP contribution >= 0.6 is 11.3 Å². The molecule has 1 saturated heterocycles. The summed E-state index contributed by atoms with van der Waals surface area (Å²) in [7, 11) is 0. The number of aryl methyl sites for hydroxylation is 2. The molecule has 7 nitrogen and oxygen atoms in total. The summed E-state index contributed by atoms with van der Waals surface area (Å²) in [6.07, 6.45) is 6.53. The molecular formula is C29H31N5O2S. The number of hydrogen-bond acceptors (Lipinski definition) is 6. The Morgan fingerprint density at radius 1 is 0.892 bits per heavy atom. The Hall–Kier alpha value is -3.49. The maximum atomic E-state index is 13.8. The molecule has 37 heavy (non-hydrogen) atoms. The second kappa shape index (κ2) is 10.5. The zero-order valence-electron chi connectivity index (χ0n) is 20.8. The zero-order valence-corrected chi connectivity index (χ0v) is 21.7. The third-order valence-corrected chi connectivity index (χ3v) is 8.44. The van der Waals surface area contributed by atoms with Crippen LogP contribution in [0.5, 0.6) is 0 Å². The van der Waals surface area contributed by atoms with Crippen LogP contribution in [0.3, 0.4) is 0 Å². The summed E-state index contributed by atoms with van der Waals surface area (Å²) in [4.78, 5) is 36.4. The summed E-state index contributed by atoms with van der Waals surface area (Å²) in [5, 5.41) is 7.04. The second-order valence-electron chi connectivity index (χ2n) is 9.91. The first kappa shape index (κ1) is 23.9. The van der Waals surface area contributed by atoms with Crippen LogP contribution in [0.25, 0.3) is 10.2 Å². The number of amides is 1. The highest BCUT2D eigenvalue weighted by atomic mass is 32.1. The van der Waals surface area contributed by atoms with Crippen LogP contribution in [0.15, 0.2) is 59.4 Å². The summed E-state index contributed by atoms with van der Waals surface area (Å²) in [6.45, 7) is 2.56. The number of fused-ring (bicyclic) bond motifs is 3. The first-order valence-electron chi connectivity index (χ1n) is 13.1. The number of hydrogen-bond donors (Lipinski definition) is 2. The van der Waals surface area contributed by atoms with Crippen LogP contribution in [-0.2, 0) is 30.7 Å². The van der Waals surface area contributed by atoms with E-state index in [1.165, 1.54) is 4.88 Å². The van der Waals surface area contributed by atoms with Gasteiger partial charge in [0.25, 0.3) is 5.56 Å². The molecule has 190 valence electrons. The molecule has 0 spiro atoms. The van der Waals surface area contributed by atoms with Crippen LogP contribution in [0, 0.1) is 0 Å². The summed E-state index contributed by atoms with van der Waals surface area (Å²) in [5.74, 6) is 0.467. The Morgan fingerprint density at radius 3 is 2.38 bits per heavy atom. The van der Waals surface area contributed by atoms with E-state index < -0.39 is 0 Å². The maximum absolute atomic E-state index is 13.8. The van der Waals surface area contributed by atoms with E-state index >= 15 is 0 Å². The summed E-state index contributed by atoms with van der Waals surface area (Å²) >= 11 is 1.67. The van der Waals surface area contributed by atoms with Gasteiger partial charge in [-0.25, -0.2) is 4.98 Å². The third kappa shape index (κ3) is 5.17. The lowest BCUT2D eigenvalue weighted by molar-refractivity contribution is -0.116. The maximum Gasteiger partial charge on any atom is 0.263 e. The highest BCUT2D eigenvalue weighted by molar-refractivity contribution is 7.18. The van der Waals surface area contributed by atoms with Crippen molar-refractivity contribution in [2.24, 2.45) is 0 Å². The van der Waals surface area contributed by atoms with Gasteiger partial charge in [-0.2, -0.15) is 0 Å². The fraction of sp³-hybridized carbons (Fsp3) is 0.345. The van der Waals surface area contributed by atoms with E-state index in [1.807, 2.05) is 54.6 Å². The van der Waals surface area contributed by atoms with Crippen LogP contribution in [0.4, 0.5) is 17.1 Å². The molecule has 0 bridgehead atoms. The largest absolute Gasteiger partial charge is 0.356 e. The number of likely N-dealkylation sites (tertiary alicyclic amines) is 1. The van der Waals surface area contributed by atoms with Gasteiger partial charge in [-0.3, -0.25) is 19.1 Å². The number of anilines is 3. The molecule has 0 saturated carbocycles. The number of carbonyl (C=O) groups is 1. The van der Waals surface area contributed by atoms with E-state index in [9.17, 15) is 9.59 Å². The fourth-order valence-corrected chi connectivity index (χ4v) is 6.64. The average Bonchev–Trinajstić information content (AvgIpc) is 3.56. The minimum absolute atomic E-state index is 0.0421. The van der Waals surface area contributed by atoms with Crippen molar-refractivity contribution in [3.8, 4) is 0 Å². The summed E-state index contributed by atoms with van der Waals surface area (Å²) < 4.78 is 1.61. The van der Waals surface area contributed by atoms with Gasteiger partial charge in [0, 0.05) is 21.9 Å². The Morgan fingerprint density at radius 2 is 1.59 bits per heavy atom. The smallest absolute Gasteiger partial charge is 0.263 e. The topological polar surface area (TPSA) is 79.3 Å². The number of aromatic nitrogens is 2. The van der Waals surface area contributed by atoms with Gasteiger partial charge in [-0.15, -0.1) is 11.3 Å². The lowest BCUT2D eigenvalue weighted by Crippen LogP contribution is -2.33. The van der Waals surface area contributed by atoms with Crippen molar-refractivity contribution in [2.75, 3.05) is 23.7 Å². The van der Waals surface area contributed by atoms with Crippen LogP contribution in [0.2, 0.25) is 0 Å². The number of thiophene rings is 1. The molecule has 0 atom stereocenters. The Balaban J connectivity index is 1.24. The molecule has 2 aromatic carbocycles. The Labute approximate surface area is 220 Å². The van der Waals surface area contributed by atoms with Gasteiger partial charge in [0.05, 0.1) is 11.9 Å². The number of nitrogens with one attached hydrogen (secondary N) is 2. The van der Waals surface area contributed by atoms with E-state index in [4.69, 9.17) is 4.98 Å². The minimum atomic E-state index is -0.223. The predicted molar refractivity (Wildman–Crippen MR) is 150 cm³/mol. The number of para-hydroxylation sites is 1. The van der Waals surface area contributed by atoms with Crippen molar-refractivity contribution in [1.29, 1.82) is 0 Å². The van der Waals surface area contributed by atoms with Gasteiger partial charge in [0.1, 0.15) is 17.2 Å². The van der Waals surface area contributed by atoms with Gasteiger partial charge in [-0.1, -0.05) is 18.2 Å². The monoisotopic (exact) mass is 513 g/mol. The van der Waals surface area contributed by atoms with E-state index in [1.54, 1.807) is 15.9 Å². The van der Waals surface area contributed by atoms with Crippen molar-refractivity contribution in [3.63, 3.8) is 0 Å². The second-order valence-corrected chi connectivity index (χ2v) is 11.0. The zero-order chi connectivity index (χ0) is 25.2. The van der Waals surface area contributed by atoms with Crippen molar-refractivity contribution in [1.82, 2.24) is 14.5 Å². The van der Waals surface area contributed by atoms with E-state index in [0.29, 0.717) is 18.1 Å². The van der Waals surface area contributed by atoms with Gasteiger partial charge >= 0.3 is 0 Å². The molecule has 2 aliphatic rings. The number of nitrogens with zero attached hydrogens (tertiary/aromatic N) is 3. The SMILES string of the molecule is O=C(Cn1c(CN2CCCC2)nc2sc3c(c2c1=O)CCCC3)Nc1ccc(Nc2ccccc2)cc1. The fourth-order valence-electron chi connectivity index (χ4n) is 5.37. The molecule has 1 aliphatic heterocycles. The van der Waals surface area contributed by atoms with Crippen molar-refractivity contribution in [3.05, 3.63) is 81.2 Å². The van der Waals surface area contributed by atoms with E-state index in [-0.39, 0.29) is 18.0 Å². The quantitative estimate of drug-likeness (QED) is 0.350. The third-order valence-electron chi connectivity index (χ3n) is 7.25. The predicted octanol–water partition coefficient (Wildman–Crippen LogP) is 5.31. The first-order chi connectivity index (χ1) is 18.1. The van der Waals surface area contributed by atoms with Gasteiger partial charge in [-0.05, 0) is 93.6 Å². The van der Waals surface area contributed by atoms with E-state index in [0.717, 1.165) is 78.8 Å². The van der Waals surface area contributed by atoms with E-state index in [2.05, 4.69) is 15.5 Å². The van der Waals surface area contributed by atoms with Crippen LogP contribution in [0.1, 0.15) is 41.9 Å². The molecule has 3 heterocycles. The standard InChI is InChI=1S/C29H31N5O2S/c35-26(31-22-14-12-21(13-15-22)30-20-8-2-1-3-9-20)19-34-25(18-33-16-6-7-17-33)32-28-27(29(34)36)23-10-4-5-11-24(23)37-28/h1-3,8-9,12-15,30H,4-7,10-11,16-19H2,(H,31,35). The average molecular weight is 514 g/mol. The van der Waals surface area contributed by atoms with Crippen LogP contribution < -0.4 is 16.2 Å². The van der Waals surface area contributed by atoms with Crippen molar-refractivity contribution in [2.45, 2.75) is 51.6 Å². The normalized spacial score (nSPS) is 15.6. The van der Waals surface area contributed by atoms with Crippen molar-refractivity contribution >= 4 is 44.5 Å². The van der Waals surface area contributed by atoms with Crippen LogP contribution in [-0.4, -0.2) is 33.4 Å². The molecule has 6 rings (SSSR count). The number of benzene rings is 2. The Kier molecular flexibility index (Phi) is 6.76. The summed E-state index contributed by atoms with van der Waals surface area (Å²) in [5.41, 5.74) is 3.72. The molecule has 1 aliphatic carbocycles. The van der Waals surface area contributed by atoms with Gasteiger partial charge < -0.3 is 10.6 Å². The minimum Gasteiger partial charge on any atom is -0.356 e. The van der Waals surface area contributed by atoms with Gasteiger partial charge in [0.15, 0.2) is 0 Å². The Bertz CT molecular complexity index is 1470. The molecule has 1 amide bonds. The molecule has 4 aromatic rings. The summed E-state index contributed by atoms with van der Waals surface area (Å²) in [6, 6.07) is 17.5. The number of rotatable bonds is 7. The molecule has 1 fully saturated rings. The molecule has 0 unspecified atom stereocenters. The lowest BCUT2D eigenvalue weighted by Gasteiger charge is -2.18. The first-order valence-corrected chi connectivity index (χ1v) is 13.9. The highest BCUT2D eigenvalue weighted by Gasteiger charge is 2.24. The highest BCUT2D eigenvalue weighted by Crippen LogP contribution is 2.34.